The number of aromatic nitrogens is 3. The van der Waals surface area contributed by atoms with Crippen LogP contribution in [0.3, 0.4) is 0 Å². The van der Waals surface area contributed by atoms with E-state index in [-0.39, 0.29) is 17.6 Å². The summed E-state index contributed by atoms with van der Waals surface area (Å²) in [6, 6.07) is 12.7. The van der Waals surface area contributed by atoms with Crippen LogP contribution in [0.15, 0.2) is 66.2 Å². The van der Waals surface area contributed by atoms with Gasteiger partial charge in [-0.25, -0.2) is 9.37 Å². The third-order valence-electron chi connectivity index (χ3n) is 7.58. The van der Waals surface area contributed by atoms with Crippen LogP contribution in [-0.4, -0.2) is 64.4 Å². The number of benzene rings is 1. The van der Waals surface area contributed by atoms with Gasteiger partial charge in [-0.15, -0.1) is 0 Å². The largest absolute Gasteiger partial charge is 0.356 e. The van der Waals surface area contributed by atoms with Gasteiger partial charge >= 0.3 is 0 Å². The topological polar surface area (TPSA) is 98.3 Å². The lowest BCUT2D eigenvalue weighted by Crippen LogP contribution is -2.34. The Morgan fingerprint density at radius 2 is 1.85 bits per heavy atom. The zero-order valence-corrected chi connectivity index (χ0v) is 24.0. The maximum absolute atomic E-state index is 13.6. The summed E-state index contributed by atoms with van der Waals surface area (Å²) in [6.45, 7) is 4.14. The van der Waals surface area contributed by atoms with E-state index in [0.29, 0.717) is 13.0 Å². The van der Waals surface area contributed by atoms with Crippen LogP contribution in [0.2, 0.25) is 0 Å². The highest BCUT2D eigenvalue weighted by molar-refractivity contribution is 5.81. The molecular formula is C32H44FN7O. The van der Waals surface area contributed by atoms with E-state index in [2.05, 4.69) is 30.6 Å². The molecule has 0 spiro atoms. The van der Waals surface area contributed by atoms with Gasteiger partial charge in [0.2, 0.25) is 5.91 Å². The van der Waals surface area contributed by atoms with Gasteiger partial charge in [0.05, 0.1) is 12.9 Å². The van der Waals surface area contributed by atoms with Crippen LogP contribution in [0.1, 0.15) is 80.7 Å². The number of aromatic amines is 1. The molecule has 2 aromatic heterocycles. The van der Waals surface area contributed by atoms with Gasteiger partial charge in [0.25, 0.3) is 0 Å². The third-order valence-corrected chi connectivity index (χ3v) is 7.58. The first-order chi connectivity index (χ1) is 20.2. The van der Waals surface area contributed by atoms with E-state index in [9.17, 15) is 9.18 Å². The smallest absolute Gasteiger partial charge is 0.222 e. The number of amides is 1. The number of unbranched alkanes of at least 4 members (excludes halogenated alkanes) is 5. The number of guanidine groups is 1. The summed E-state index contributed by atoms with van der Waals surface area (Å²) in [6.07, 6.45) is 14.8. The molecule has 41 heavy (non-hydrogen) atoms. The summed E-state index contributed by atoms with van der Waals surface area (Å²) < 4.78 is 13.6. The Hall–Kier alpha value is -3.75. The highest BCUT2D eigenvalue weighted by atomic mass is 19.1. The number of nitrogens with zero attached hydrogens (tertiary/aromatic N) is 4. The number of carbonyl (C=O) groups excluding carboxylic acids is 1. The molecular weight excluding hydrogens is 517 g/mol. The Morgan fingerprint density at radius 1 is 1.00 bits per heavy atom. The average Bonchev–Trinajstić information content (AvgIpc) is 3.72. The van der Waals surface area contributed by atoms with E-state index in [0.717, 1.165) is 107 Å². The second-order valence-electron chi connectivity index (χ2n) is 10.7. The standard InChI is InChI=1S/C32H44FN7O/c33-27-15-13-26(14-16-27)29(30-11-5-8-18-35-30)10-6-9-22-40(23-17-28-24-34-25-39-28)31(41)12-4-2-1-3-7-19-36-32-37-20-21-38-32/h5,8,11,13-16,18,24-25,29H,1-4,6-7,9-10,12,17,19-23H2,(H,34,39)(H2,36,37,38). The van der Waals surface area contributed by atoms with Crippen LogP contribution < -0.4 is 10.6 Å². The minimum Gasteiger partial charge on any atom is -0.356 e. The summed E-state index contributed by atoms with van der Waals surface area (Å²) in [4.78, 5) is 31.4. The zero-order valence-electron chi connectivity index (χ0n) is 24.0. The van der Waals surface area contributed by atoms with Crippen molar-refractivity contribution in [3.63, 3.8) is 0 Å². The maximum Gasteiger partial charge on any atom is 0.222 e. The number of hydrogen-bond acceptors (Lipinski definition) is 6. The quantitative estimate of drug-likeness (QED) is 0.185. The van der Waals surface area contributed by atoms with Crippen LogP contribution >= 0.6 is 0 Å². The number of halogens is 1. The van der Waals surface area contributed by atoms with Crippen molar-refractivity contribution in [3.8, 4) is 0 Å². The van der Waals surface area contributed by atoms with Crippen LogP contribution in [0.5, 0.6) is 0 Å². The van der Waals surface area contributed by atoms with Crippen molar-refractivity contribution >= 4 is 11.9 Å². The predicted molar refractivity (Wildman–Crippen MR) is 161 cm³/mol. The van der Waals surface area contributed by atoms with Gasteiger partial charge in [-0.05, 0) is 55.5 Å². The molecule has 4 rings (SSSR count). The number of nitrogens with one attached hydrogen (secondary N) is 3. The molecule has 220 valence electrons. The molecule has 1 aromatic carbocycles. The Morgan fingerprint density at radius 3 is 2.61 bits per heavy atom. The second kappa shape index (κ2) is 17.1. The fourth-order valence-corrected chi connectivity index (χ4v) is 5.26. The van der Waals surface area contributed by atoms with E-state index < -0.39 is 0 Å². The molecule has 3 aromatic rings. The third kappa shape index (κ3) is 10.6. The number of H-pyrrole nitrogens is 1. The van der Waals surface area contributed by atoms with Crippen molar-refractivity contribution in [2.45, 2.75) is 70.1 Å². The molecule has 0 fully saturated rings. The highest BCUT2D eigenvalue weighted by Gasteiger charge is 2.17. The summed E-state index contributed by atoms with van der Waals surface area (Å²) in [5.74, 6) is 1.03. The monoisotopic (exact) mass is 561 g/mol. The van der Waals surface area contributed by atoms with Gasteiger partial charge < -0.3 is 20.5 Å². The van der Waals surface area contributed by atoms with E-state index in [4.69, 9.17) is 0 Å². The summed E-state index contributed by atoms with van der Waals surface area (Å²) in [5, 5.41) is 6.56. The number of aliphatic imine (C=N–C) groups is 1. The summed E-state index contributed by atoms with van der Waals surface area (Å²) in [5.41, 5.74) is 3.10. The molecule has 3 heterocycles. The van der Waals surface area contributed by atoms with Crippen molar-refractivity contribution < 1.29 is 9.18 Å². The number of rotatable bonds is 18. The number of carbonyl (C=O) groups is 1. The molecule has 1 aliphatic rings. The molecule has 3 N–H and O–H groups in total. The van der Waals surface area contributed by atoms with Crippen molar-refractivity contribution in [1.29, 1.82) is 0 Å². The first kappa shape index (κ1) is 30.2. The van der Waals surface area contributed by atoms with Crippen LogP contribution in [0.25, 0.3) is 0 Å². The molecule has 0 radical (unpaired) electrons. The molecule has 1 atom stereocenters. The van der Waals surface area contributed by atoms with E-state index in [1.54, 1.807) is 6.33 Å². The average molecular weight is 562 g/mol. The van der Waals surface area contributed by atoms with Crippen molar-refractivity contribution in [1.82, 2.24) is 30.5 Å². The van der Waals surface area contributed by atoms with Crippen LogP contribution in [0.4, 0.5) is 4.39 Å². The lowest BCUT2D eigenvalue weighted by atomic mass is 9.90. The zero-order chi connectivity index (χ0) is 28.5. The normalized spacial score (nSPS) is 13.4. The van der Waals surface area contributed by atoms with Gasteiger partial charge in [-0.1, -0.05) is 43.9 Å². The van der Waals surface area contributed by atoms with Crippen molar-refractivity contribution in [3.05, 3.63) is 84.0 Å². The molecule has 0 saturated carbocycles. The lowest BCUT2D eigenvalue weighted by Gasteiger charge is -2.23. The summed E-state index contributed by atoms with van der Waals surface area (Å²) in [7, 11) is 0. The molecule has 9 heteroatoms. The van der Waals surface area contributed by atoms with E-state index in [1.807, 2.05) is 47.6 Å². The van der Waals surface area contributed by atoms with Gasteiger partial charge in [-0.3, -0.25) is 14.8 Å². The van der Waals surface area contributed by atoms with Gasteiger partial charge in [0.1, 0.15) is 5.82 Å². The fourth-order valence-electron chi connectivity index (χ4n) is 5.26. The SMILES string of the molecule is O=C(CCCCCCCNC1=NCCN1)N(CCCCC(c1ccc(F)cc1)c1ccccn1)CCc1cnc[nH]1. The Bertz CT molecular complexity index is 1170. The van der Waals surface area contributed by atoms with E-state index >= 15 is 0 Å². The lowest BCUT2D eigenvalue weighted by molar-refractivity contribution is -0.131. The molecule has 0 bridgehead atoms. The summed E-state index contributed by atoms with van der Waals surface area (Å²) >= 11 is 0. The minimum atomic E-state index is -0.232. The predicted octanol–water partition coefficient (Wildman–Crippen LogP) is 5.21. The van der Waals surface area contributed by atoms with Gasteiger partial charge in [-0.2, -0.15) is 0 Å². The number of imidazole rings is 1. The fraction of sp³-hybridized carbons (Fsp3) is 0.500. The minimum absolute atomic E-state index is 0.101. The molecule has 0 saturated heterocycles. The molecule has 1 amide bonds. The van der Waals surface area contributed by atoms with Gasteiger partial charge in [0, 0.05) is 68.7 Å². The molecule has 0 aliphatic carbocycles. The van der Waals surface area contributed by atoms with Crippen molar-refractivity contribution in [2.24, 2.45) is 4.99 Å². The maximum atomic E-state index is 13.6. The second-order valence-corrected chi connectivity index (χ2v) is 10.7. The molecule has 1 aliphatic heterocycles. The van der Waals surface area contributed by atoms with E-state index in [1.165, 1.54) is 12.1 Å². The first-order valence-corrected chi connectivity index (χ1v) is 15.1. The van der Waals surface area contributed by atoms with Crippen LogP contribution in [0, 0.1) is 5.82 Å². The number of pyridine rings is 1. The first-order valence-electron chi connectivity index (χ1n) is 15.1. The molecule has 1 unspecified atom stereocenters. The Labute approximate surface area is 243 Å². The van der Waals surface area contributed by atoms with Crippen molar-refractivity contribution in [2.75, 3.05) is 32.7 Å². The number of hydrogen-bond donors (Lipinski definition) is 3. The van der Waals surface area contributed by atoms with Gasteiger partial charge in [0.15, 0.2) is 5.96 Å². The Kier molecular flexibility index (Phi) is 12.6. The highest BCUT2D eigenvalue weighted by Crippen LogP contribution is 2.28. The molecule has 8 nitrogen and oxygen atoms in total. The Balaban J connectivity index is 1.21. The van der Waals surface area contributed by atoms with Crippen LogP contribution in [-0.2, 0) is 11.2 Å².